The maximum Gasteiger partial charge on any atom is 0.160 e. The fourth-order valence-electron chi connectivity index (χ4n) is 1.58. The van der Waals surface area contributed by atoms with Crippen LogP contribution in [0.4, 0.5) is 11.4 Å². The summed E-state index contributed by atoms with van der Waals surface area (Å²) in [6, 6.07) is 10.7. The Morgan fingerprint density at radius 1 is 0.889 bits per heavy atom. The summed E-state index contributed by atoms with van der Waals surface area (Å²) in [5.74, 6) is -0.286. The van der Waals surface area contributed by atoms with Gasteiger partial charge >= 0.3 is 0 Å². The largest absolute Gasteiger partial charge is 0.504 e. The molecule has 0 unspecified atom stereocenters. The van der Waals surface area contributed by atoms with Crippen molar-refractivity contribution < 1.29 is 10.2 Å². The number of phenols is 2. The summed E-state index contributed by atoms with van der Waals surface area (Å²) < 4.78 is 0. The molecule has 18 heavy (non-hydrogen) atoms. The van der Waals surface area contributed by atoms with Gasteiger partial charge in [-0.15, -0.1) is 0 Å². The van der Waals surface area contributed by atoms with Crippen molar-refractivity contribution in [3.8, 4) is 11.5 Å². The van der Waals surface area contributed by atoms with E-state index in [9.17, 15) is 10.2 Å². The maximum atomic E-state index is 9.57. The van der Waals surface area contributed by atoms with E-state index in [4.69, 9.17) is 0 Å². The number of aromatic hydroxyl groups is 2. The highest BCUT2D eigenvalue weighted by Gasteiger charge is 2.10. The lowest BCUT2D eigenvalue weighted by molar-refractivity contribution is 0.401. The first-order valence-corrected chi connectivity index (χ1v) is 5.58. The van der Waals surface area contributed by atoms with Gasteiger partial charge in [-0.25, -0.2) is 0 Å². The predicted molar refractivity (Wildman–Crippen MR) is 69.9 cm³/mol. The van der Waals surface area contributed by atoms with Gasteiger partial charge in [-0.2, -0.15) is 10.2 Å². The Morgan fingerprint density at radius 2 is 1.56 bits per heavy atom. The van der Waals surface area contributed by atoms with Gasteiger partial charge in [0.1, 0.15) is 0 Å². The minimum absolute atomic E-state index is 0.105. The lowest BCUT2D eigenvalue weighted by atomic mass is 10.1. The van der Waals surface area contributed by atoms with E-state index in [1.807, 2.05) is 37.3 Å². The van der Waals surface area contributed by atoms with Gasteiger partial charge in [0.2, 0.25) is 0 Å². The summed E-state index contributed by atoms with van der Waals surface area (Å²) in [5.41, 5.74) is 2.69. The van der Waals surface area contributed by atoms with Crippen LogP contribution in [0.3, 0.4) is 0 Å². The number of benzene rings is 2. The molecule has 0 aliphatic carbocycles. The molecular weight excluding hydrogens is 228 g/mol. The number of hydrogen-bond acceptors (Lipinski definition) is 4. The van der Waals surface area contributed by atoms with Crippen molar-refractivity contribution in [3.05, 3.63) is 47.5 Å². The minimum atomic E-state index is -0.180. The first kappa shape index (κ1) is 12.1. The molecule has 0 radical (unpaired) electrons. The van der Waals surface area contributed by atoms with Crippen LogP contribution in [0.15, 0.2) is 46.6 Å². The van der Waals surface area contributed by atoms with Crippen molar-refractivity contribution in [3.63, 3.8) is 0 Å². The van der Waals surface area contributed by atoms with E-state index >= 15 is 0 Å². The number of nitrogens with zero attached hydrogens (tertiary/aromatic N) is 2. The highest BCUT2D eigenvalue weighted by Crippen LogP contribution is 2.37. The summed E-state index contributed by atoms with van der Waals surface area (Å²) in [4.78, 5) is 0. The molecule has 0 bridgehead atoms. The van der Waals surface area contributed by atoms with Crippen LogP contribution >= 0.6 is 0 Å². The maximum absolute atomic E-state index is 9.57. The molecule has 0 aromatic heterocycles. The van der Waals surface area contributed by atoms with Gasteiger partial charge in [0.15, 0.2) is 11.5 Å². The molecule has 0 aliphatic heterocycles. The van der Waals surface area contributed by atoms with E-state index in [1.54, 1.807) is 6.92 Å². The third-order valence-corrected chi connectivity index (χ3v) is 2.85. The zero-order valence-corrected chi connectivity index (χ0v) is 10.3. The van der Waals surface area contributed by atoms with Crippen LogP contribution in [0.25, 0.3) is 0 Å². The Hall–Kier alpha value is -2.36. The van der Waals surface area contributed by atoms with Crippen LogP contribution in [-0.4, -0.2) is 10.2 Å². The van der Waals surface area contributed by atoms with Crippen LogP contribution in [0.5, 0.6) is 11.5 Å². The molecular formula is C14H14N2O2. The molecule has 4 nitrogen and oxygen atoms in total. The molecule has 0 heterocycles. The molecule has 2 aromatic rings. The molecule has 4 heteroatoms. The summed E-state index contributed by atoms with van der Waals surface area (Å²) in [7, 11) is 0. The second kappa shape index (κ2) is 4.87. The van der Waals surface area contributed by atoms with Crippen molar-refractivity contribution in [1.82, 2.24) is 0 Å². The molecule has 0 aliphatic rings. The lowest BCUT2D eigenvalue weighted by Crippen LogP contribution is -1.83. The zero-order chi connectivity index (χ0) is 13.1. The van der Waals surface area contributed by atoms with Gasteiger partial charge in [0.05, 0.1) is 11.4 Å². The molecule has 2 N–H and O–H groups in total. The van der Waals surface area contributed by atoms with Gasteiger partial charge in [-0.1, -0.05) is 18.2 Å². The summed E-state index contributed by atoms with van der Waals surface area (Å²) in [6.07, 6.45) is 0. The normalized spacial score (nSPS) is 11.0. The number of phenolic OH excluding ortho intramolecular Hbond substituents is 2. The van der Waals surface area contributed by atoms with E-state index < -0.39 is 0 Å². The topological polar surface area (TPSA) is 65.2 Å². The molecule has 0 saturated carbocycles. The fraction of sp³-hybridized carbons (Fsp3) is 0.143. The molecule has 0 saturated heterocycles. The molecule has 0 spiro atoms. The zero-order valence-electron chi connectivity index (χ0n) is 10.3. The lowest BCUT2D eigenvalue weighted by Gasteiger charge is -2.07. The van der Waals surface area contributed by atoms with Gasteiger partial charge in [0, 0.05) is 6.07 Å². The molecule has 92 valence electrons. The van der Waals surface area contributed by atoms with Crippen molar-refractivity contribution in [2.45, 2.75) is 13.8 Å². The van der Waals surface area contributed by atoms with Gasteiger partial charge in [0.25, 0.3) is 0 Å². The van der Waals surface area contributed by atoms with E-state index in [-0.39, 0.29) is 11.5 Å². The van der Waals surface area contributed by atoms with E-state index in [2.05, 4.69) is 10.2 Å². The summed E-state index contributed by atoms with van der Waals surface area (Å²) in [6.45, 7) is 3.56. The van der Waals surface area contributed by atoms with Gasteiger partial charge < -0.3 is 10.2 Å². The third-order valence-electron chi connectivity index (χ3n) is 2.85. The number of rotatable bonds is 2. The van der Waals surface area contributed by atoms with Crippen LogP contribution in [0, 0.1) is 13.8 Å². The smallest absolute Gasteiger partial charge is 0.160 e. The highest BCUT2D eigenvalue weighted by atomic mass is 16.3. The Kier molecular flexibility index (Phi) is 3.28. The quantitative estimate of drug-likeness (QED) is 0.614. The minimum Gasteiger partial charge on any atom is -0.504 e. The van der Waals surface area contributed by atoms with Crippen molar-refractivity contribution in [2.75, 3.05) is 0 Å². The van der Waals surface area contributed by atoms with E-state index in [0.29, 0.717) is 11.3 Å². The fourth-order valence-corrected chi connectivity index (χ4v) is 1.58. The summed E-state index contributed by atoms with van der Waals surface area (Å²) >= 11 is 0. The van der Waals surface area contributed by atoms with Crippen molar-refractivity contribution >= 4 is 11.4 Å². The van der Waals surface area contributed by atoms with Crippen LogP contribution in [0.1, 0.15) is 11.1 Å². The summed E-state index contributed by atoms with van der Waals surface area (Å²) in [5, 5.41) is 27.3. The highest BCUT2D eigenvalue weighted by molar-refractivity contribution is 5.60. The second-order valence-electron chi connectivity index (χ2n) is 4.05. The van der Waals surface area contributed by atoms with Crippen LogP contribution in [-0.2, 0) is 0 Å². The Bertz CT molecular complexity index is 592. The Labute approximate surface area is 105 Å². The predicted octanol–water partition coefficient (Wildman–Crippen LogP) is 4.13. The van der Waals surface area contributed by atoms with Gasteiger partial charge in [-0.3, -0.25) is 0 Å². The molecule has 0 amide bonds. The van der Waals surface area contributed by atoms with Crippen LogP contribution in [0.2, 0.25) is 0 Å². The Morgan fingerprint density at radius 3 is 2.22 bits per heavy atom. The van der Waals surface area contributed by atoms with Crippen LogP contribution < -0.4 is 0 Å². The molecule has 0 atom stereocenters. The standard InChI is InChI=1S/C14H14N2O2/c1-9-10(2)14(18)13(17)8-12(9)16-15-11-6-4-3-5-7-11/h3-8,17-18H,1-2H3. The van der Waals surface area contributed by atoms with Gasteiger partial charge in [-0.05, 0) is 37.1 Å². The number of azo groups is 1. The van der Waals surface area contributed by atoms with Crippen molar-refractivity contribution in [1.29, 1.82) is 0 Å². The molecule has 2 aromatic carbocycles. The Balaban J connectivity index is 2.39. The SMILES string of the molecule is Cc1c(N=Nc2ccccc2)cc(O)c(O)c1C. The molecule has 2 rings (SSSR count). The van der Waals surface area contributed by atoms with Crippen molar-refractivity contribution in [2.24, 2.45) is 10.2 Å². The monoisotopic (exact) mass is 242 g/mol. The first-order valence-electron chi connectivity index (χ1n) is 5.58. The second-order valence-corrected chi connectivity index (χ2v) is 4.05. The molecule has 0 fully saturated rings. The third kappa shape index (κ3) is 2.32. The average molecular weight is 242 g/mol. The average Bonchev–Trinajstić information content (AvgIpc) is 2.40. The van der Waals surface area contributed by atoms with E-state index in [1.165, 1.54) is 6.07 Å². The van der Waals surface area contributed by atoms with E-state index in [0.717, 1.165) is 11.3 Å². The first-order chi connectivity index (χ1) is 8.59. The number of hydrogen-bond donors (Lipinski definition) is 2.